The number of ether oxygens (including phenoxy) is 3. The lowest BCUT2D eigenvalue weighted by Crippen LogP contribution is -2.70. The third-order valence-corrected chi connectivity index (χ3v) is 14.2. The number of rotatable bonds is 31. The molecule has 376 valence electrons. The molecule has 0 aromatic heterocycles. The number of non-ortho nitro benzene ring substituents is 1. The molecule has 1 aliphatic heterocycles. The summed E-state index contributed by atoms with van der Waals surface area (Å²) < 4.78 is 35.7. The van der Waals surface area contributed by atoms with Gasteiger partial charge in [-0.1, -0.05) is 114 Å². The average Bonchev–Trinajstić information content (AvgIpc) is 3.35. The molecule has 12 nitrogen and oxygen atoms in total. The molecule has 0 saturated heterocycles. The van der Waals surface area contributed by atoms with Crippen molar-refractivity contribution in [2.75, 3.05) is 26.4 Å². The Hall–Kier alpha value is -5.11. The monoisotopic (exact) mass is 954 g/mol. The van der Waals surface area contributed by atoms with Gasteiger partial charge in [0.25, 0.3) is 5.69 Å². The highest BCUT2D eigenvalue weighted by atomic mass is 19.1. The number of allylic oxidation sites excluding steroid dienone is 1. The molecule has 2 aliphatic carbocycles. The van der Waals surface area contributed by atoms with Gasteiger partial charge in [0, 0.05) is 61.8 Å². The second-order valence-electron chi connectivity index (χ2n) is 19.0. The van der Waals surface area contributed by atoms with Crippen molar-refractivity contribution in [3.8, 4) is 11.5 Å². The van der Waals surface area contributed by atoms with Gasteiger partial charge in [-0.25, -0.2) is 4.39 Å². The Bertz CT molecular complexity index is 2160. The number of hydrogen-bond donors (Lipinski definition) is 2. The predicted molar refractivity (Wildman–Crippen MR) is 267 cm³/mol. The van der Waals surface area contributed by atoms with Gasteiger partial charge in [-0.15, -0.1) is 6.58 Å². The van der Waals surface area contributed by atoms with Gasteiger partial charge in [0.05, 0.1) is 23.2 Å². The molecule has 3 aliphatic rings. The van der Waals surface area contributed by atoms with Crippen LogP contribution in [0.5, 0.6) is 11.5 Å². The molecule has 1 heterocycles. The summed E-state index contributed by atoms with van der Waals surface area (Å²) >= 11 is 0. The molecule has 0 bridgehead atoms. The molecule has 1 amide bonds. The van der Waals surface area contributed by atoms with E-state index in [0.29, 0.717) is 60.6 Å². The SMILES string of the molecule is C=CCO[C@@]12Oc3ccc(OCc4ccccc4F)cc3[C@H]3[C@H](CCCCO)[C@@H](CCCCO)C=C(C(=NOCc4ccc([N+](=O)[O-])cc4)C[C@@H]1N(CCC)C(=O)CCCCCCCCCCC)[C@H]32. The van der Waals surface area contributed by atoms with E-state index in [1.807, 2.05) is 23.1 Å². The topological polar surface area (TPSA) is 153 Å². The first-order valence-corrected chi connectivity index (χ1v) is 25.8. The fourth-order valence-electron chi connectivity index (χ4n) is 10.8. The zero-order chi connectivity index (χ0) is 49.0. The van der Waals surface area contributed by atoms with Gasteiger partial charge in [-0.3, -0.25) is 14.9 Å². The third kappa shape index (κ3) is 13.8. The molecule has 13 heteroatoms. The van der Waals surface area contributed by atoms with Crippen molar-refractivity contribution in [1.82, 2.24) is 4.90 Å². The first kappa shape index (κ1) is 53.2. The molecule has 0 spiro atoms. The smallest absolute Gasteiger partial charge is 0.269 e. The molecule has 1 fully saturated rings. The van der Waals surface area contributed by atoms with Crippen LogP contribution >= 0.6 is 0 Å². The third-order valence-electron chi connectivity index (χ3n) is 14.2. The highest BCUT2D eigenvalue weighted by Crippen LogP contribution is 2.62. The molecule has 2 N–H and O–H groups in total. The van der Waals surface area contributed by atoms with Crippen LogP contribution in [0, 0.1) is 33.7 Å². The molecular weight excluding hydrogens is 878 g/mol. The van der Waals surface area contributed by atoms with E-state index in [0.717, 1.165) is 56.1 Å². The minimum absolute atomic E-state index is 0.0125. The Labute approximate surface area is 409 Å². The molecule has 1 saturated carbocycles. The second-order valence-corrected chi connectivity index (χ2v) is 19.0. The lowest BCUT2D eigenvalue weighted by Gasteiger charge is -2.60. The Balaban J connectivity index is 1.46. The van der Waals surface area contributed by atoms with Crippen LogP contribution in [-0.2, 0) is 27.6 Å². The minimum Gasteiger partial charge on any atom is -0.489 e. The average molecular weight is 954 g/mol. The van der Waals surface area contributed by atoms with Gasteiger partial charge in [0.2, 0.25) is 11.7 Å². The molecule has 69 heavy (non-hydrogen) atoms. The normalized spacial score (nSPS) is 22.0. The summed E-state index contributed by atoms with van der Waals surface area (Å²) in [6.07, 6.45) is 20.0. The summed E-state index contributed by atoms with van der Waals surface area (Å²) in [7, 11) is 0. The highest BCUT2D eigenvalue weighted by molar-refractivity contribution is 6.03. The molecular formula is C56H76FN3O9. The predicted octanol–water partition coefficient (Wildman–Crippen LogP) is 12.3. The fraction of sp³-hybridized carbons (Fsp3) is 0.571. The van der Waals surface area contributed by atoms with Crippen LogP contribution in [-0.4, -0.2) is 69.8 Å². The van der Waals surface area contributed by atoms with E-state index < -0.39 is 22.7 Å². The van der Waals surface area contributed by atoms with E-state index in [1.54, 1.807) is 36.4 Å². The van der Waals surface area contributed by atoms with Gasteiger partial charge in [-0.05, 0) is 97.9 Å². The lowest BCUT2D eigenvalue weighted by atomic mass is 9.55. The summed E-state index contributed by atoms with van der Waals surface area (Å²) in [6, 6.07) is 17.9. The Morgan fingerprint density at radius 3 is 2.30 bits per heavy atom. The van der Waals surface area contributed by atoms with Crippen LogP contribution in [0.4, 0.5) is 10.1 Å². The number of aliphatic hydroxyl groups excluding tert-OH is 2. The molecule has 3 aromatic carbocycles. The van der Waals surface area contributed by atoms with Crippen molar-refractivity contribution in [1.29, 1.82) is 0 Å². The Morgan fingerprint density at radius 1 is 0.913 bits per heavy atom. The molecule has 6 rings (SSSR count). The Kier molecular flexibility index (Phi) is 21.1. The van der Waals surface area contributed by atoms with Crippen LogP contribution in [0.1, 0.15) is 152 Å². The van der Waals surface area contributed by atoms with E-state index >= 15 is 0 Å². The van der Waals surface area contributed by atoms with Crippen molar-refractivity contribution < 1.29 is 43.4 Å². The molecule has 0 radical (unpaired) electrons. The summed E-state index contributed by atoms with van der Waals surface area (Å²) in [5.41, 5.74) is 3.62. The number of oxime groups is 1. The lowest BCUT2D eigenvalue weighted by molar-refractivity contribution is -0.384. The summed E-state index contributed by atoms with van der Waals surface area (Å²) in [4.78, 5) is 34.0. The maximum absolute atomic E-state index is 14.9. The number of amides is 1. The number of hydrogen-bond acceptors (Lipinski definition) is 10. The van der Waals surface area contributed by atoms with E-state index in [1.165, 1.54) is 56.7 Å². The zero-order valence-electron chi connectivity index (χ0n) is 41.0. The van der Waals surface area contributed by atoms with Crippen molar-refractivity contribution >= 4 is 17.3 Å². The summed E-state index contributed by atoms with van der Waals surface area (Å²) in [6.45, 7) is 9.21. The van der Waals surface area contributed by atoms with Crippen LogP contribution in [0.25, 0.3) is 0 Å². The number of halogens is 1. The maximum atomic E-state index is 14.9. The number of nitro benzene ring substituents is 1. The van der Waals surface area contributed by atoms with E-state index in [2.05, 4.69) is 26.5 Å². The van der Waals surface area contributed by atoms with Gasteiger partial charge >= 0.3 is 0 Å². The van der Waals surface area contributed by atoms with Crippen LogP contribution in [0.15, 0.2) is 96.2 Å². The van der Waals surface area contributed by atoms with Crippen molar-refractivity contribution in [2.24, 2.45) is 22.9 Å². The molecule has 0 unspecified atom stereocenters. The van der Waals surface area contributed by atoms with E-state index in [-0.39, 0.29) is 74.6 Å². The van der Waals surface area contributed by atoms with Crippen molar-refractivity contribution in [2.45, 2.75) is 160 Å². The highest BCUT2D eigenvalue weighted by Gasteiger charge is 2.65. The number of fused-ring (bicyclic) bond motifs is 2. The number of carbonyl (C=O) groups is 1. The number of nitrogens with zero attached hydrogens (tertiary/aromatic N) is 3. The van der Waals surface area contributed by atoms with Crippen LogP contribution in [0.3, 0.4) is 0 Å². The van der Waals surface area contributed by atoms with E-state index in [9.17, 15) is 29.5 Å². The second kappa shape index (κ2) is 27.3. The van der Waals surface area contributed by atoms with Gasteiger partial charge < -0.3 is 34.2 Å². The van der Waals surface area contributed by atoms with Gasteiger partial charge in [-0.2, -0.15) is 0 Å². The van der Waals surface area contributed by atoms with Crippen LogP contribution in [0.2, 0.25) is 0 Å². The number of unbranched alkanes of at least 4 members (excludes halogenated alkanes) is 10. The van der Waals surface area contributed by atoms with Crippen molar-refractivity contribution in [3.05, 3.63) is 124 Å². The minimum atomic E-state index is -1.39. The fourth-order valence-corrected chi connectivity index (χ4v) is 10.8. The Morgan fingerprint density at radius 2 is 1.62 bits per heavy atom. The quantitative estimate of drug-likeness (QED) is 0.0278. The number of nitro groups is 1. The van der Waals surface area contributed by atoms with E-state index in [4.69, 9.17) is 24.2 Å². The van der Waals surface area contributed by atoms with Crippen LogP contribution < -0.4 is 9.47 Å². The number of aliphatic hydroxyl groups is 2. The van der Waals surface area contributed by atoms with Gasteiger partial charge in [0.1, 0.15) is 36.6 Å². The number of benzene rings is 3. The molecule has 3 aromatic rings. The standard InChI is InChI=1S/C56H76FN3O9/c1-4-7-8-9-10-11-12-13-14-25-53(63)59(32-5-2)52-38-50(58-68-39-41-26-28-44(29-27-41)60(64)65)47-36-42(21-17-19-33-61)46(23-18-20-34-62)54-48-37-45(66-40-43-22-15-16-24-49(43)57)30-31-51(48)69-56(52,55(47)54)67-35-6-3/h6,15-16,22,24,26-31,36-37,42,46,52,54-55,61-62H,3-5,7-14,17-21,23,25,32-35,38-40H2,1-2H3/t42-,46+,52-,54+,55+,56+/m0/s1. The molecule has 6 atom stereocenters. The summed E-state index contributed by atoms with van der Waals surface area (Å²) in [5, 5.41) is 36.3. The first-order valence-electron chi connectivity index (χ1n) is 25.8. The first-order chi connectivity index (χ1) is 33.7. The summed E-state index contributed by atoms with van der Waals surface area (Å²) in [5.74, 6) is -1.26. The zero-order valence-corrected chi connectivity index (χ0v) is 41.0. The van der Waals surface area contributed by atoms with Gasteiger partial charge in [0.15, 0.2) is 0 Å². The maximum Gasteiger partial charge on any atom is 0.269 e. The van der Waals surface area contributed by atoms with Crippen molar-refractivity contribution in [3.63, 3.8) is 0 Å². The largest absolute Gasteiger partial charge is 0.489 e. The number of carbonyl (C=O) groups excluding carboxylic acids is 1.